The number of rotatable bonds is 5. The molecule has 0 spiro atoms. The molecule has 0 amide bonds. The van der Waals surface area contributed by atoms with E-state index < -0.39 is 5.60 Å². The Bertz CT molecular complexity index is 391. The van der Waals surface area contributed by atoms with Crippen LogP contribution in [0.25, 0.3) is 0 Å². The van der Waals surface area contributed by atoms with Crippen molar-refractivity contribution in [1.29, 1.82) is 0 Å². The first-order valence-corrected chi connectivity index (χ1v) is 7.15. The molecule has 0 aliphatic carbocycles. The van der Waals surface area contributed by atoms with Gasteiger partial charge in [-0.2, -0.15) is 0 Å². The van der Waals surface area contributed by atoms with Crippen molar-refractivity contribution in [2.24, 2.45) is 0 Å². The zero-order valence-corrected chi connectivity index (χ0v) is 12.6. The minimum atomic E-state index is -0.416. The van der Waals surface area contributed by atoms with Gasteiger partial charge in [-0.3, -0.25) is 0 Å². The molecular weight excluding hydrogens is 312 g/mol. The second-order valence-corrected chi connectivity index (χ2v) is 5.86. The molecule has 0 aromatic heterocycles. The maximum Gasteiger partial charge on any atom is 0.119 e. The average molecular weight is 331 g/mol. The van der Waals surface area contributed by atoms with Crippen LogP contribution in [0.5, 0.6) is 5.75 Å². The van der Waals surface area contributed by atoms with Gasteiger partial charge in [0.25, 0.3) is 0 Å². The molecule has 1 fully saturated rings. The molecule has 1 aromatic rings. The number of hydrogen-bond donors (Lipinski definition) is 1. The first-order valence-electron chi connectivity index (χ1n) is 6.36. The molecule has 19 heavy (non-hydrogen) atoms. The van der Waals surface area contributed by atoms with Gasteiger partial charge in [-0.15, -0.1) is 0 Å². The number of halogens is 1. The zero-order valence-electron chi connectivity index (χ0n) is 11.0. The fraction of sp³-hybridized carbons (Fsp3) is 0.571. The summed E-state index contributed by atoms with van der Waals surface area (Å²) in [5.41, 5.74) is -0.416. The van der Waals surface area contributed by atoms with Crippen LogP contribution in [0, 0.1) is 0 Å². The molecule has 1 aromatic carbocycles. The van der Waals surface area contributed by atoms with Crippen molar-refractivity contribution in [3.63, 3.8) is 0 Å². The van der Waals surface area contributed by atoms with Crippen molar-refractivity contribution in [3.05, 3.63) is 28.7 Å². The van der Waals surface area contributed by atoms with Crippen LogP contribution in [0.3, 0.4) is 0 Å². The maximum atomic E-state index is 9.03. The number of benzene rings is 1. The van der Waals surface area contributed by atoms with Gasteiger partial charge >= 0.3 is 0 Å². The van der Waals surface area contributed by atoms with Crippen LogP contribution in [-0.2, 0) is 9.47 Å². The van der Waals surface area contributed by atoms with E-state index in [0.717, 1.165) is 10.2 Å². The molecule has 0 bridgehead atoms. The van der Waals surface area contributed by atoms with E-state index in [0.29, 0.717) is 26.2 Å². The van der Waals surface area contributed by atoms with Gasteiger partial charge in [0, 0.05) is 17.5 Å². The van der Waals surface area contributed by atoms with E-state index >= 15 is 0 Å². The Morgan fingerprint density at radius 1 is 1.42 bits per heavy atom. The first-order chi connectivity index (χ1) is 9.11. The van der Waals surface area contributed by atoms with Crippen molar-refractivity contribution in [3.8, 4) is 5.75 Å². The summed E-state index contributed by atoms with van der Waals surface area (Å²) in [5, 5.41) is 9.03. The van der Waals surface area contributed by atoms with E-state index in [9.17, 15) is 0 Å². The quantitative estimate of drug-likeness (QED) is 0.900. The molecule has 2 atom stereocenters. The topological polar surface area (TPSA) is 47.9 Å². The summed E-state index contributed by atoms with van der Waals surface area (Å²) in [4.78, 5) is 0. The first kappa shape index (κ1) is 14.8. The molecule has 1 N–H and O–H groups in total. The molecule has 0 saturated carbocycles. The fourth-order valence-corrected chi connectivity index (χ4v) is 2.31. The van der Waals surface area contributed by atoms with Gasteiger partial charge in [0.2, 0.25) is 0 Å². The summed E-state index contributed by atoms with van der Waals surface area (Å²) < 4.78 is 18.2. The molecule has 0 unspecified atom stereocenters. The third-order valence-electron chi connectivity index (χ3n) is 3.05. The lowest BCUT2D eigenvalue weighted by Crippen LogP contribution is -2.48. The Hall–Kier alpha value is -0.620. The lowest BCUT2D eigenvalue weighted by atomic mass is 10.0. The average Bonchev–Trinajstić information content (AvgIpc) is 2.38. The smallest absolute Gasteiger partial charge is 0.119 e. The highest BCUT2D eigenvalue weighted by molar-refractivity contribution is 9.10. The largest absolute Gasteiger partial charge is 0.491 e. The van der Waals surface area contributed by atoms with E-state index in [2.05, 4.69) is 15.9 Å². The van der Waals surface area contributed by atoms with Crippen molar-refractivity contribution in [1.82, 2.24) is 0 Å². The Labute approximate surface area is 121 Å². The molecular formula is C14H19BrO4. The van der Waals surface area contributed by atoms with Gasteiger partial charge in [-0.05, 0) is 31.2 Å². The van der Waals surface area contributed by atoms with Crippen LogP contribution in [0.4, 0.5) is 0 Å². The molecule has 0 radical (unpaired) electrons. The third-order valence-corrected chi connectivity index (χ3v) is 3.58. The summed E-state index contributed by atoms with van der Waals surface area (Å²) in [7, 11) is 0. The van der Waals surface area contributed by atoms with Crippen LogP contribution in [0.2, 0.25) is 0 Å². The van der Waals surface area contributed by atoms with E-state index in [4.69, 9.17) is 19.3 Å². The predicted octanol–water partition coefficient (Wildman–Crippen LogP) is 2.38. The van der Waals surface area contributed by atoms with E-state index in [1.165, 1.54) is 0 Å². The Kier molecular flexibility index (Phi) is 5.21. The summed E-state index contributed by atoms with van der Waals surface area (Å²) >= 11 is 3.38. The van der Waals surface area contributed by atoms with Crippen LogP contribution in [0.15, 0.2) is 28.7 Å². The Morgan fingerprint density at radius 2 is 2.16 bits per heavy atom. The summed E-state index contributed by atoms with van der Waals surface area (Å²) in [6.07, 6.45) is 0.468. The Balaban J connectivity index is 1.84. The number of ether oxygens (including phenoxy) is 3. The van der Waals surface area contributed by atoms with Gasteiger partial charge in [0.05, 0.1) is 18.8 Å². The summed E-state index contributed by atoms with van der Waals surface area (Å²) in [6.45, 7) is 3.54. The van der Waals surface area contributed by atoms with Gasteiger partial charge in [0.1, 0.15) is 18.5 Å². The third kappa shape index (κ3) is 4.45. The highest BCUT2D eigenvalue weighted by Gasteiger charge is 2.33. The monoisotopic (exact) mass is 330 g/mol. The summed E-state index contributed by atoms with van der Waals surface area (Å²) in [5.74, 6) is 0.807. The van der Waals surface area contributed by atoms with Crippen LogP contribution in [-0.4, -0.2) is 43.2 Å². The lowest BCUT2D eigenvalue weighted by molar-refractivity contribution is -0.202. The second-order valence-electron chi connectivity index (χ2n) is 4.94. The van der Waals surface area contributed by atoms with E-state index in [-0.39, 0.29) is 12.7 Å². The predicted molar refractivity (Wildman–Crippen MR) is 75.4 cm³/mol. The van der Waals surface area contributed by atoms with Crippen LogP contribution < -0.4 is 4.74 Å². The minimum absolute atomic E-state index is 0.0974. The molecule has 1 heterocycles. The summed E-state index contributed by atoms with van der Waals surface area (Å²) in [6, 6.07) is 7.67. The lowest BCUT2D eigenvalue weighted by Gasteiger charge is -2.38. The molecule has 1 saturated heterocycles. The van der Waals surface area contributed by atoms with Gasteiger partial charge < -0.3 is 19.3 Å². The van der Waals surface area contributed by atoms with Crippen LogP contribution >= 0.6 is 15.9 Å². The highest BCUT2D eigenvalue weighted by Crippen LogP contribution is 2.24. The molecule has 5 heteroatoms. The molecule has 106 valence electrons. The Morgan fingerprint density at radius 3 is 2.84 bits per heavy atom. The molecule has 2 rings (SSSR count). The normalized spacial score (nSPS) is 27.2. The number of aliphatic hydroxyl groups excluding tert-OH is 1. The van der Waals surface area contributed by atoms with Crippen molar-refractivity contribution < 1.29 is 19.3 Å². The molecule has 1 aliphatic heterocycles. The number of aliphatic hydroxyl groups is 1. The standard InChI is InChI=1S/C14H19BrO4/c1-14(6-7-16)10-17-8-13(19-14)9-18-12-4-2-11(15)3-5-12/h2-5,13,16H,6-10H2,1H3/t13-,14-/m0/s1. The highest BCUT2D eigenvalue weighted by atomic mass is 79.9. The van der Waals surface area contributed by atoms with Crippen LogP contribution in [0.1, 0.15) is 13.3 Å². The maximum absolute atomic E-state index is 9.03. The fourth-order valence-electron chi connectivity index (χ4n) is 2.05. The van der Waals surface area contributed by atoms with E-state index in [1.54, 1.807) is 0 Å². The SMILES string of the molecule is C[C@]1(CCO)COC[C@@H](COc2ccc(Br)cc2)O1. The van der Waals surface area contributed by atoms with Gasteiger partial charge in [-0.25, -0.2) is 0 Å². The van der Waals surface area contributed by atoms with Gasteiger partial charge in [-0.1, -0.05) is 15.9 Å². The zero-order chi connectivity index (χ0) is 13.7. The second kappa shape index (κ2) is 6.70. The number of hydrogen-bond acceptors (Lipinski definition) is 4. The van der Waals surface area contributed by atoms with Crippen molar-refractivity contribution >= 4 is 15.9 Å². The molecule has 4 nitrogen and oxygen atoms in total. The van der Waals surface area contributed by atoms with Gasteiger partial charge in [0.15, 0.2) is 0 Å². The van der Waals surface area contributed by atoms with Crippen molar-refractivity contribution in [2.75, 3.05) is 26.4 Å². The van der Waals surface area contributed by atoms with E-state index in [1.807, 2.05) is 31.2 Å². The molecule has 1 aliphatic rings. The minimum Gasteiger partial charge on any atom is -0.491 e. The van der Waals surface area contributed by atoms with Crippen molar-refractivity contribution in [2.45, 2.75) is 25.0 Å².